The zero-order valence-corrected chi connectivity index (χ0v) is 20.4. The van der Waals surface area contributed by atoms with Crippen molar-refractivity contribution in [3.63, 3.8) is 0 Å². The summed E-state index contributed by atoms with van der Waals surface area (Å²) in [5, 5.41) is 7.36. The second-order valence-electron chi connectivity index (χ2n) is 8.29. The quantitative estimate of drug-likeness (QED) is 0.364. The van der Waals surface area contributed by atoms with Gasteiger partial charge in [0.05, 0.1) is 19.9 Å². The van der Waals surface area contributed by atoms with E-state index in [1.807, 2.05) is 36.4 Å². The first-order valence-corrected chi connectivity index (χ1v) is 11.8. The molecule has 0 aliphatic carbocycles. The number of nitrogens with one attached hydrogen (secondary N) is 1. The summed E-state index contributed by atoms with van der Waals surface area (Å²) in [5.41, 5.74) is 3.19. The summed E-state index contributed by atoms with van der Waals surface area (Å²) in [7, 11) is 3.14. The molecule has 7 nitrogen and oxygen atoms in total. The van der Waals surface area contributed by atoms with Crippen LogP contribution in [0.5, 0.6) is 11.5 Å². The van der Waals surface area contributed by atoms with Crippen molar-refractivity contribution < 1.29 is 14.3 Å². The van der Waals surface area contributed by atoms with E-state index in [1.54, 1.807) is 38.5 Å². The van der Waals surface area contributed by atoms with Crippen molar-refractivity contribution in [3.8, 4) is 22.8 Å². The summed E-state index contributed by atoms with van der Waals surface area (Å²) in [6, 6.07) is 28.8. The Morgan fingerprint density at radius 3 is 2.17 bits per heavy atom. The minimum atomic E-state index is -0.359. The Labute approximate surface area is 210 Å². The zero-order valence-electron chi connectivity index (χ0n) is 20.4. The number of carbonyl (C=O) groups excluding carboxylic acids is 1. The van der Waals surface area contributed by atoms with Gasteiger partial charge < -0.3 is 14.8 Å². The van der Waals surface area contributed by atoms with Crippen molar-refractivity contribution >= 4 is 5.91 Å². The highest BCUT2D eigenvalue weighted by molar-refractivity contribution is 5.75. The summed E-state index contributed by atoms with van der Waals surface area (Å²) >= 11 is 0. The topological polar surface area (TPSA) is 82.5 Å². The lowest BCUT2D eigenvalue weighted by Gasteiger charge is -2.18. The van der Waals surface area contributed by atoms with Gasteiger partial charge in [-0.2, -0.15) is 5.10 Å². The van der Waals surface area contributed by atoms with E-state index < -0.39 is 0 Å². The third-order valence-corrected chi connectivity index (χ3v) is 6.00. The third-order valence-electron chi connectivity index (χ3n) is 6.00. The molecule has 3 aromatic carbocycles. The van der Waals surface area contributed by atoms with E-state index in [-0.39, 0.29) is 23.9 Å². The van der Waals surface area contributed by atoms with Gasteiger partial charge in [-0.3, -0.25) is 9.59 Å². The lowest BCUT2D eigenvalue weighted by molar-refractivity contribution is -0.121. The van der Waals surface area contributed by atoms with E-state index in [4.69, 9.17) is 9.47 Å². The molecule has 1 N–H and O–H groups in total. The molecular formula is C29H29N3O4. The maximum Gasteiger partial charge on any atom is 0.267 e. The van der Waals surface area contributed by atoms with Gasteiger partial charge in [0.25, 0.3) is 5.56 Å². The first-order valence-electron chi connectivity index (χ1n) is 11.8. The van der Waals surface area contributed by atoms with Crippen LogP contribution in [0.3, 0.4) is 0 Å². The molecule has 0 unspecified atom stereocenters. The number of aromatic nitrogens is 2. The fraction of sp³-hybridized carbons (Fsp3) is 0.207. The Balaban J connectivity index is 1.45. The zero-order chi connectivity index (χ0) is 25.3. The standard InChI is InChI=1S/C29H29N3O4/c1-35-23-13-15-27(36-2)25(19-23)26-14-16-29(34)32(31-26)20-28(33)30-18-17-24(21-9-5-3-6-10-21)22-11-7-4-8-12-22/h3-16,19,24H,17-18,20H2,1-2H3,(H,30,33). The summed E-state index contributed by atoms with van der Waals surface area (Å²) in [4.78, 5) is 25.2. The van der Waals surface area contributed by atoms with Crippen molar-refractivity contribution in [2.45, 2.75) is 18.9 Å². The van der Waals surface area contributed by atoms with Crippen LogP contribution >= 0.6 is 0 Å². The molecule has 0 fully saturated rings. The van der Waals surface area contributed by atoms with Crippen LogP contribution in [0.2, 0.25) is 0 Å². The van der Waals surface area contributed by atoms with E-state index in [1.165, 1.54) is 17.2 Å². The van der Waals surface area contributed by atoms with Crippen LogP contribution < -0.4 is 20.3 Å². The first kappa shape index (κ1) is 24.7. The minimum absolute atomic E-state index is 0.150. The molecule has 184 valence electrons. The van der Waals surface area contributed by atoms with E-state index in [0.29, 0.717) is 29.3 Å². The van der Waals surface area contributed by atoms with Gasteiger partial charge in [0.1, 0.15) is 18.0 Å². The van der Waals surface area contributed by atoms with Gasteiger partial charge in [-0.25, -0.2) is 4.68 Å². The second kappa shape index (κ2) is 11.8. The molecule has 0 saturated heterocycles. The highest BCUT2D eigenvalue weighted by Gasteiger charge is 2.15. The minimum Gasteiger partial charge on any atom is -0.497 e. The Bertz CT molecular complexity index is 1310. The lowest BCUT2D eigenvalue weighted by Crippen LogP contribution is -2.34. The van der Waals surface area contributed by atoms with Crippen molar-refractivity contribution in [1.29, 1.82) is 0 Å². The second-order valence-corrected chi connectivity index (χ2v) is 8.29. The molecule has 4 rings (SSSR count). The maximum atomic E-state index is 12.7. The summed E-state index contributed by atoms with van der Waals surface area (Å²) in [6.07, 6.45) is 0.725. The van der Waals surface area contributed by atoms with Gasteiger partial charge in [0.15, 0.2) is 0 Å². The number of ether oxygens (including phenoxy) is 2. The average Bonchev–Trinajstić information content (AvgIpc) is 2.93. The van der Waals surface area contributed by atoms with Crippen LogP contribution in [0.4, 0.5) is 0 Å². The van der Waals surface area contributed by atoms with Gasteiger partial charge in [-0.1, -0.05) is 60.7 Å². The maximum absolute atomic E-state index is 12.7. The molecule has 0 aliphatic rings. The molecule has 0 aliphatic heterocycles. The molecule has 0 spiro atoms. The van der Waals surface area contributed by atoms with Crippen molar-refractivity contribution in [1.82, 2.24) is 15.1 Å². The monoisotopic (exact) mass is 483 g/mol. The summed E-state index contributed by atoms with van der Waals surface area (Å²) in [6.45, 7) is 0.283. The molecule has 1 aromatic heterocycles. The molecule has 1 heterocycles. The molecule has 0 atom stereocenters. The predicted molar refractivity (Wildman–Crippen MR) is 139 cm³/mol. The lowest BCUT2D eigenvalue weighted by atomic mass is 9.88. The van der Waals surface area contributed by atoms with Crippen molar-refractivity contribution in [2.75, 3.05) is 20.8 Å². The Hall–Kier alpha value is -4.39. The van der Waals surface area contributed by atoms with E-state index in [0.717, 1.165) is 11.1 Å². The SMILES string of the molecule is COc1ccc(OC)c(-c2ccc(=O)n(CC(=O)NCCC(c3ccccc3)c3ccccc3)n2)c1. The normalized spacial score (nSPS) is 10.8. The summed E-state index contributed by atoms with van der Waals surface area (Å²) < 4.78 is 11.9. The first-order chi connectivity index (χ1) is 17.6. The van der Waals surface area contributed by atoms with Gasteiger partial charge in [-0.05, 0) is 41.8 Å². The van der Waals surface area contributed by atoms with E-state index in [2.05, 4.69) is 34.7 Å². The van der Waals surface area contributed by atoms with Crippen LogP contribution in [-0.2, 0) is 11.3 Å². The van der Waals surface area contributed by atoms with Crippen LogP contribution in [-0.4, -0.2) is 36.5 Å². The van der Waals surface area contributed by atoms with Gasteiger partial charge >= 0.3 is 0 Å². The van der Waals surface area contributed by atoms with Crippen LogP contribution in [0.1, 0.15) is 23.5 Å². The molecule has 0 bridgehead atoms. The largest absolute Gasteiger partial charge is 0.497 e. The number of rotatable bonds is 10. The molecular weight excluding hydrogens is 454 g/mol. The molecule has 0 saturated carbocycles. The molecule has 36 heavy (non-hydrogen) atoms. The van der Waals surface area contributed by atoms with Crippen LogP contribution in [0, 0.1) is 0 Å². The fourth-order valence-corrected chi connectivity index (χ4v) is 4.16. The highest BCUT2D eigenvalue weighted by atomic mass is 16.5. The molecule has 4 aromatic rings. The van der Waals surface area contributed by atoms with Gasteiger partial charge in [0.2, 0.25) is 5.91 Å². The average molecular weight is 484 g/mol. The Kier molecular flexibility index (Phi) is 8.13. The molecule has 1 amide bonds. The van der Waals surface area contributed by atoms with Crippen LogP contribution in [0.15, 0.2) is 95.8 Å². The van der Waals surface area contributed by atoms with Crippen LogP contribution in [0.25, 0.3) is 11.3 Å². The number of benzene rings is 3. The van der Waals surface area contributed by atoms with E-state index in [9.17, 15) is 9.59 Å². The number of hydrogen-bond donors (Lipinski definition) is 1. The smallest absolute Gasteiger partial charge is 0.267 e. The highest BCUT2D eigenvalue weighted by Crippen LogP contribution is 2.31. The van der Waals surface area contributed by atoms with Crippen molar-refractivity contribution in [3.05, 3.63) is 112 Å². The van der Waals surface area contributed by atoms with Gasteiger partial charge in [-0.15, -0.1) is 0 Å². The van der Waals surface area contributed by atoms with Gasteiger partial charge in [0, 0.05) is 24.1 Å². The van der Waals surface area contributed by atoms with Crippen molar-refractivity contribution in [2.24, 2.45) is 0 Å². The summed E-state index contributed by atoms with van der Waals surface area (Å²) in [5.74, 6) is 1.09. The third kappa shape index (κ3) is 5.99. The Morgan fingerprint density at radius 2 is 1.56 bits per heavy atom. The Morgan fingerprint density at radius 1 is 0.889 bits per heavy atom. The number of nitrogens with zero attached hydrogens (tertiary/aromatic N) is 2. The number of hydrogen-bond acceptors (Lipinski definition) is 5. The van der Waals surface area contributed by atoms with E-state index >= 15 is 0 Å². The number of amides is 1. The molecule has 7 heteroatoms. The fourth-order valence-electron chi connectivity index (χ4n) is 4.16. The molecule has 0 radical (unpaired) electrons. The number of carbonyl (C=O) groups is 1. The predicted octanol–water partition coefficient (Wildman–Crippen LogP) is 4.27. The number of methoxy groups -OCH3 is 2.